The predicted octanol–water partition coefficient (Wildman–Crippen LogP) is 1.66. The van der Waals surface area contributed by atoms with Crippen molar-refractivity contribution in [1.29, 1.82) is 0 Å². The summed E-state index contributed by atoms with van der Waals surface area (Å²) in [6, 6.07) is 7.86. The van der Waals surface area contributed by atoms with E-state index in [0.29, 0.717) is 5.11 Å². The molecule has 116 valence electrons. The van der Waals surface area contributed by atoms with Crippen LogP contribution in [0.25, 0.3) is 0 Å². The number of aryl methyl sites for hydroxylation is 1. The second-order valence-electron chi connectivity index (χ2n) is 4.50. The minimum Gasteiger partial charge on any atom is -0.376 e. The van der Waals surface area contributed by atoms with Crippen molar-refractivity contribution in [3.63, 3.8) is 0 Å². The molecule has 1 amide bonds. The molecule has 5 nitrogen and oxygen atoms in total. The minimum absolute atomic E-state index is 0.177. The van der Waals surface area contributed by atoms with Crippen LogP contribution >= 0.6 is 24.0 Å². The molecule has 0 spiro atoms. The number of benzene rings is 1. The first kappa shape index (κ1) is 17.6. The number of hydrazine groups is 1. The number of hydrogen-bond donors (Lipinski definition) is 4. The molecule has 0 aliphatic heterocycles. The van der Waals surface area contributed by atoms with Crippen molar-refractivity contribution < 1.29 is 4.79 Å². The van der Waals surface area contributed by atoms with Crippen molar-refractivity contribution in [2.75, 3.05) is 30.4 Å². The highest BCUT2D eigenvalue weighted by Crippen LogP contribution is 2.07. The van der Waals surface area contributed by atoms with E-state index in [4.69, 9.17) is 12.2 Å². The number of thioether (sulfide) groups is 1. The zero-order valence-corrected chi connectivity index (χ0v) is 14.0. The molecular formula is C14H22N4OS2. The van der Waals surface area contributed by atoms with Crippen LogP contribution in [0.5, 0.6) is 0 Å². The SMILES string of the molecule is CSCCCNC(=S)NNC(=O)CNc1ccc(C)cc1. The van der Waals surface area contributed by atoms with Gasteiger partial charge in [0.2, 0.25) is 0 Å². The predicted molar refractivity (Wildman–Crippen MR) is 94.5 cm³/mol. The molecule has 0 aliphatic rings. The molecule has 1 aromatic carbocycles. The van der Waals surface area contributed by atoms with Gasteiger partial charge in [0.25, 0.3) is 5.91 Å². The smallest absolute Gasteiger partial charge is 0.257 e. The lowest BCUT2D eigenvalue weighted by Crippen LogP contribution is -2.48. The first-order valence-electron chi connectivity index (χ1n) is 6.74. The molecule has 0 saturated heterocycles. The van der Waals surface area contributed by atoms with Gasteiger partial charge in [-0.15, -0.1) is 0 Å². The zero-order chi connectivity index (χ0) is 15.5. The van der Waals surface area contributed by atoms with E-state index in [1.54, 1.807) is 11.8 Å². The summed E-state index contributed by atoms with van der Waals surface area (Å²) in [4.78, 5) is 11.6. The summed E-state index contributed by atoms with van der Waals surface area (Å²) in [5, 5.41) is 6.49. The molecule has 0 heterocycles. The Kier molecular flexibility index (Phi) is 8.61. The Morgan fingerprint density at radius 3 is 2.62 bits per heavy atom. The zero-order valence-electron chi connectivity index (χ0n) is 12.4. The second kappa shape index (κ2) is 10.3. The average molecular weight is 326 g/mol. The van der Waals surface area contributed by atoms with Crippen LogP contribution in [0.15, 0.2) is 24.3 Å². The maximum absolute atomic E-state index is 11.6. The Hall–Kier alpha value is -1.47. The van der Waals surface area contributed by atoms with Crippen LogP contribution < -0.4 is 21.5 Å². The summed E-state index contributed by atoms with van der Waals surface area (Å²) < 4.78 is 0. The summed E-state index contributed by atoms with van der Waals surface area (Å²) in [7, 11) is 0. The van der Waals surface area contributed by atoms with Crippen molar-refractivity contribution in [3.05, 3.63) is 29.8 Å². The highest BCUT2D eigenvalue weighted by atomic mass is 32.2. The summed E-state index contributed by atoms with van der Waals surface area (Å²) in [6.07, 6.45) is 3.10. The highest BCUT2D eigenvalue weighted by Gasteiger charge is 2.01. The number of carbonyl (C=O) groups excluding carboxylic acids is 1. The first-order valence-corrected chi connectivity index (χ1v) is 8.54. The maximum Gasteiger partial charge on any atom is 0.257 e. The van der Waals surface area contributed by atoms with Crippen LogP contribution in [0.1, 0.15) is 12.0 Å². The summed E-state index contributed by atoms with van der Waals surface area (Å²) in [5.74, 6) is 0.909. The normalized spacial score (nSPS) is 9.81. The van der Waals surface area contributed by atoms with Crippen LogP contribution in [0, 0.1) is 6.92 Å². The second-order valence-corrected chi connectivity index (χ2v) is 5.89. The molecule has 21 heavy (non-hydrogen) atoms. The fourth-order valence-electron chi connectivity index (χ4n) is 1.49. The van der Waals surface area contributed by atoms with Crippen LogP contribution in [0.3, 0.4) is 0 Å². The van der Waals surface area contributed by atoms with Gasteiger partial charge in [0.1, 0.15) is 0 Å². The number of amides is 1. The van der Waals surface area contributed by atoms with E-state index in [2.05, 4.69) is 27.7 Å². The highest BCUT2D eigenvalue weighted by molar-refractivity contribution is 7.98. The van der Waals surface area contributed by atoms with Gasteiger partial charge in [-0.1, -0.05) is 17.7 Å². The number of hydrogen-bond acceptors (Lipinski definition) is 4. The van der Waals surface area contributed by atoms with E-state index >= 15 is 0 Å². The van der Waals surface area contributed by atoms with E-state index in [0.717, 1.165) is 24.4 Å². The minimum atomic E-state index is -0.177. The maximum atomic E-state index is 11.6. The van der Waals surface area contributed by atoms with Crippen molar-refractivity contribution in [2.24, 2.45) is 0 Å². The average Bonchev–Trinajstić information content (AvgIpc) is 2.49. The van der Waals surface area contributed by atoms with Crippen molar-refractivity contribution in [3.8, 4) is 0 Å². The fraction of sp³-hybridized carbons (Fsp3) is 0.429. The van der Waals surface area contributed by atoms with Crippen LogP contribution in [0.2, 0.25) is 0 Å². The van der Waals surface area contributed by atoms with Crippen molar-refractivity contribution >= 4 is 40.7 Å². The number of nitrogens with one attached hydrogen (secondary N) is 4. The lowest BCUT2D eigenvalue weighted by atomic mass is 10.2. The third-order valence-electron chi connectivity index (χ3n) is 2.63. The molecular weight excluding hydrogens is 304 g/mol. The summed E-state index contributed by atoms with van der Waals surface area (Å²) in [5.41, 5.74) is 7.32. The Balaban J connectivity index is 2.13. The lowest BCUT2D eigenvalue weighted by molar-refractivity contribution is -0.119. The molecule has 0 bridgehead atoms. The van der Waals surface area contributed by atoms with Gasteiger partial charge < -0.3 is 10.6 Å². The number of anilines is 1. The molecule has 1 rings (SSSR count). The first-order chi connectivity index (χ1) is 10.1. The fourth-order valence-corrected chi connectivity index (χ4v) is 2.07. The molecule has 0 radical (unpaired) electrons. The molecule has 0 atom stereocenters. The molecule has 4 N–H and O–H groups in total. The van der Waals surface area contributed by atoms with E-state index in [1.807, 2.05) is 31.2 Å². The van der Waals surface area contributed by atoms with Gasteiger partial charge in [0, 0.05) is 12.2 Å². The number of rotatable bonds is 7. The number of carbonyl (C=O) groups is 1. The topological polar surface area (TPSA) is 65.2 Å². The Bertz CT molecular complexity index is 451. The van der Waals surface area contributed by atoms with E-state index in [-0.39, 0.29) is 12.5 Å². The van der Waals surface area contributed by atoms with E-state index < -0.39 is 0 Å². The van der Waals surface area contributed by atoms with Crippen molar-refractivity contribution in [1.82, 2.24) is 16.2 Å². The van der Waals surface area contributed by atoms with Gasteiger partial charge >= 0.3 is 0 Å². The van der Waals surface area contributed by atoms with Gasteiger partial charge in [0.15, 0.2) is 5.11 Å². The molecule has 7 heteroatoms. The molecule has 0 unspecified atom stereocenters. The lowest BCUT2D eigenvalue weighted by Gasteiger charge is -2.12. The molecule has 0 aliphatic carbocycles. The third kappa shape index (κ3) is 8.41. The van der Waals surface area contributed by atoms with Gasteiger partial charge in [0.05, 0.1) is 6.54 Å². The van der Waals surface area contributed by atoms with Crippen LogP contribution in [0.4, 0.5) is 5.69 Å². The Labute approximate surface area is 135 Å². The monoisotopic (exact) mass is 326 g/mol. The third-order valence-corrected chi connectivity index (χ3v) is 3.57. The molecule has 0 saturated carbocycles. The van der Waals surface area contributed by atoms with Gasteiger partial charge in [-0.2, -0.15) is 11.8 Å². The Morgan fingerprint density at radius 2 is 1.95 bits per heavy atom. The summed E-state index contributed by atoms with van der Waals surface area (Å²) >= 11 is 6.84. The quantitative estimate of drug-likeness (QED) is 0.347. The van der Waals surface area contributed by atoms with Crippen molar-refractivity contribution in [2.45, 2.75) is 13.3 Å². The van der Waals surface area contributed by atoms with E-state index in [9.17, 15) is 4.79 Å². The van der Waals surface area contributed by atoms with Gasteiger partial charge in [-0.05, 0) is 49.7 Å². The summed E-state index contributed by atoms with van der Waals surface area (Å²) in [6.45, 7) is 3.00. The van der Waals surface area contributed by atoms with Crippen LogP contribution in [-0.2, 0) is 4.79 Å². The number of thiocarbonyl (C=S) groups is 1. The molecule has 0 aromatic heterocycles. The molecule has 0 fully saturated rings. The van der Waals surface area contributed by atoms with Gasteiger partial charge in [-0.3, -0.25) is 15.6 Å². The van der Waals surface area contributed by atoms with Gasteiger partial charge in [-0.25, -0.2) is 0 Å². The van der Waals surface area contributed by atoms with E-state index in [1.165, 1.54) is 5.56 Å². The van der Waals surface area contributed by atoms with Crippen LogP contribution in [-0.4, -0.2) is 36.1 Å². The standard InChI is InChI=1S/C14H22N4OS2/c1-11-4-6-12(7-5-11)16-10-13(19)17-18-14(20)15-8-3-9-21-2/h4-7,16H,3,8-10H2,1-2H3,(H,17,19)(H2,15,18,20). The largest absolute Gasteiger partial charge is 0.376 e. The Morgan fingerprint density at radius 1 is 1.24 bits per heavy atom. The molecule has 1 aromatic rings.